The molecule has 0 saturated carbocycles. The lowest BCUT2D eigenvalue weighted by Crippen LogP contribution is -2.48. The summed E-state index contributed by atoms with van der Waals surface area (Å²) in [5.41, 5.74) is 2.52. The van der Waals surface area contributed by atoms with Crippen LogP contribution in [-0.2, 0) is 16.2 Å². The predicted molar refractivity (Wildman–Crippen MR) is 109 cm³/mol. The minimum absolute atomic E-state index is 0.187. The van der Waals surface area contributed by atoms with E-state index in [-0.39, 0.29) is 5.60 Å². The van der Waals surface area contributed by atoms with E-state index in [9.17, 15) is 0 Å². The summed E-state index contributed by atoms with van der Waals surface area (Å²) in [6.07, 6.45) is 3.13. The largest absolute Gasteiger partial charge is 0.303 e. The molecule has 0 aliphatic carbocycles. The second kappa shape index (κ2) is 9.56. The van der Waals surface area contributed by atoms with Gasteiger partial charge in [-0.15, -0.1) is 11.8 Å². The van der Waals surface area contributed by atoms with Crippen LogP contribution in [0.5, 0.6) is 0 Å². The smallest absolute Gasteiger partial charge is 0.115 e. The number of piperidine rings is 1. The molecular formula is C22H29NO2S. The minimum atomic E-state index is -0.187. The van der Waals surface area contributed by atoms with Crippen molar-refractivity contribution in [1.82, 2.24) is 4.90 Å². The molecular weight excluding hydrogens is 342 g/mol. The summed E-state index contributed by atoms with van der Waals surface area (Å²) in [5.74, 6) is 0.927. The Labute approximate surface area is 161 Å². The third-order valence-electron chi connectivity index (χ3n) is 5.11. The number of nitrogens with zero attached hydrogens (tertiary/aromatic N) is 1. The van der Waals surface area contributed by atoms with Crippen molar-refractivity contribution in [2.75, 3.05) is 32.5 Å². The molecule has 0 radical (unpaired) electrons. The van der Waals surface area contributed by atoms with E-state index in [0.717, 1.165) is 44.6 Å². The molecule has 2 aromatic rings. The van der Waals surface area contributed by atoms with Gasteiger partial charge in [-0.1, -0.05) is 48.0 Å². The van der Waals surface area contributed by atoms with Gasteiger partial charge < -0.3 is 4.90 Å². The Kier molecular flexibility index (Phi) is 7.15. The van der Waals surface area contributed by atoms with Crippen LogP contribution in [0.1, 0.15) is 24.0 Å². The minimum Gasteiger partial charge on any atom is -0.303 e. The van der Waals surface area contributed by atoms with Gasteiger partial charge in [0, 0.05) is 30.3 Å². The van der Waals surface area contributed by atoms with Gasteiger partial charge in [0.15, 0.2) is 0 Å². The van der Waals surface area contributed by atoms with Crippen molar-refractivity contribution in [2.45, 2.75) is 36.7 Å². The lowest BCUT2D eigenvalue weighted by atomic mass is 9.93. The van der Waals surface area contributed by atoms with Crippen LogP contribution >= 0.6 is 11.8 Å². The fourth-order valence-electron chi connectivity index (χ4n) is 3.39. The molecule has 3 rings (SSSR count). The molecule has 26 heavy (non-hydrogen) atoms. The maximum atomic E-state index is 5.78. The maximum Gasteiger partial charge on any atom is 0.115 e. The van der Waals surface area contributed by atoms with Crippen LogP contribution in [0.4, 0.5) is 0 Å². The Morgan fingerprint density at radius 1 is 1.00 bits per heavy atom. The molecule has 2 aromatic carbocycles. The van der Waals surface area contributed by atoms with Gasteiger partial charge in [0.25, 0.3) is 0 Å². The molecule has 0 bridgehead atoms. The average molecular weight is 372 g/mol. The predicted octanol–water partition coefficient (Wildman–Crippen LogP) is 4.74. The zero-order valence-corrected chi connectivity index (χ0v) is 16.6. The lowest BCUT2D eigenvalue weighted by Gasteiger charge is -2.40. The second-order valence-corrected chi connectivity index (χ2v) is 8.16. The van der Waals surface area contributed by atoms with E-state index in [1.807, 2.05) is 11.8 Å². The topological polar surface area (TPSA) is 21.7 Å². The Hall–Kier alpha value is -1.33. The third-order valence-corrected chi connectivity index (χ3v) is 6.39. The first-order chi connectivity index (χ1) is 12.7. The average Bonchev–Trinajstić information content (AvgIpc) is 2.68. The first-order valence-corrected chi connectivity index (χ1v) is 10.4. The highest BCUT2D eigenvalue weighted by Gasteiger charge is 2.36. The van der Waals surface area contributed by atoms with E-state index in [1.54, 1.807) is 7.11 Å². The Balaban J connectivity index is 1.50. The van der Waals surface area contributed by atoms with Crippen LogP contribution in [0.25, 0.3) is 0 Å². The van der Waals surface area contributed by atoms with Gasteiger partial charge in [-0.3, -0.25) is 0 Å². The molecule has 3 nitrogen and oxygen atoms in total. The molecule has 1 heterocycles. The number of thioether (sulfide) groups is 1. The van der Waals surface area contributed by atoms with Crippen molar-refractivity contribution in [3.05, 3.63) is 65.7 Å². The zero-order chi connectivity index (χ0) is 18.2. The molecule has 0 atom stereocenters. The fraction of sp³-hybridized carbons (Fsp3) is 0.455. The Bertz CT molecular complexity index is 652. The van der Waals surface area contributed by atoms with Gasteiger partial charge >= 0.3 is 0 Å². The monoisotopic (exact) mass is 371 g/mol. The number of benzene rings is 2. The quantitative estimate of drug-likeness (QED) is 0.379. The number of hydrogen-bond acceptors (Lipinski definition) is 4. The molecule has 4 heteroatoms. The van der Waals surface area contributed by atoms with Gasteiger partial charge in [-0.2, -0.15) is 0 Å². The molecule has 0 spiro atoms. The van der Waals surface area contributed by atoms with Gasteiger partial charge in [0.2, 0.25) is 0 Å². The molecule has 1 fully saturated rings. The lowest BCUT2D eigenvalue weighted by molar-refractivity contribution is -0.346. The van der Waals surface area contributed by atoms with Crippen molar-refractivity contribution in [1.29, 1.82) is 0 Å². The molecule has 1 aliphatic heterocycles. The van der Waals surface area contributed by atoms with Crippen LogP contribution in [0, 0.1) is 6.92 Å². The van der Waals surface area contributed by atoms with E-state index >= 15 is 0 Å². The van der Waals surface area contributed by atoms with Crippen LogP contribution in [-0.4, -0.2) is 43.0 Å². The highest BCUT2D eigenvalue weighted by Crippen LogP contribution is 2.33. The zero-order valence-electron chi connectivity index (χ0n) is 15.8. The van der Waals surface area contributed by atoms with Crippen molar-refractivity contribution in [3.63, 3.8) is 0 Å². The van der Waals surface area contributed by atoms with Crippen molar-refractivity contribution in [3.8, 4) is 0 Å². The van der Waals surface area contributed by atoms with Gasteiger partial charge in [-0.25, -0.2) is 9.78 Å². The van der Waals surface area contributed by atoms with Crippen LogP contribution < -0.4 is 0 Å². The maximum absolute atomic E-state index is 5.78. The standard InChI is InChI=1S/C22H29NO2S/c1-19-8-10-21(11-9-19)26-18-22(25-24-2)13-16-23(17-14-22)15-12-20-6-4-3-5-7-20/h3-11H,12-18H2,1-2H3. The number of hydrogen-bond donors (Lipinski definition) is 0. The van der Waals surface area contributed by atoms with Crippen molar-refractivity contribution in [2.24, 2.45) is 0 Å². The Morgan fingerprint density at radius 3 is 2.35 bits per heavy atom. The number of aryl methyl sites for hydroxylation is 1. The van der Waals surface area contributed by atoms with E-state index < -0.39 is 0 Å². The van der Waals surface area contributed by atoms with Crippen LogP contribution in [0.3, 0.4) is 0 Å². The van der Waals surface area contributed by atoms with Crippen molar-refractivity contribution >= 4 is 11.8 Å². The molecule has 1 aliphatic rings. The normalized spacial score (nSPS) is 17.3. The van der Waals surface area contributed by atoms with E-state index in [0.29, 0.717) is 0 Å². The number of likely N-dealkylation sites (tertiary alicyclic amines) is 1. The van der Waals surface area contributed by atoms with Gasteiger partial charge in [-0.05, 0) is 43.9 Å². The van der Waals surface area contributed by atoms with E-state index in [1.165, 1.54) is 16.0 Å². The van der Waals surface area contributed by atoms with Gasteiger partial charge in [0.1, 0.15) is 5.60 Å². The van der Waals surface area contributed by atoms with E-state index in [4.69, 9.17) is 9.78 Å². The van der Waals surface area contributed by atoms with Crippen LogP contribution in [0.15, 0.2) is 59.5 Å². The summed E-state index contributed by atoms with van der Waals surface area (Å²) in [6.45, 7) is 5.35. The highest BCUT2D eigenvalue weighted by molar-refractivity contribution is 7.99. The van der Waals surface area contributed by atoms with Gasteiger partial charge in [0.05, 0.1) is 7.11 Å². The molecule has 0 amide bonds. The van der Waals surface area contributed by atoms with E-state index in [2.05, 4.69) is 66.4 Å². The molecule has 0 unspecified atom stereocenters. The summed E-state index contributed by atoms with van der Waals surface area (Å²) >= 11 is 1.86. The molecule has 0 aromatic heterocycles. The first kappa shape index (κ1) is 19.4. The van der Waals surface area contributed by atoms with Crippen molar-refractivity contribution < 1.29 is 9.78 Å². The fourth-order valence-corrected chi connectivity index (χ4v) is 4.49. The molecule has 0 N–H and O–H groups in total. The summed E-state index contributed by atoms with van der Waals surface area (Å²) in [6, 6.07) is 19.4. The summed E-state index contributed by atoms with van der Waals surface area (Å²) < 4.78 is 0. The number of rotatable bonds is 8. The Morgan fingerprint density at radius 2 is 1.69 bits per heavy atom. The van der Waals surface area contributed by atoms with Crippen LogP contribution in [0.2, 0.25) is 0 Å². The third kappa shape index (κ3) is 5.58. The highest BCUT2D eigenvalue weighted by atomic mass is 32.2. The molecule has 140 valence electrons. The molecule has 1 saturated heterocycles. The summed E-state index contributed by atoms with van der Waals surface area (Å²) in [4.78, 5) is 14.7. The summed E-state index contributed by atoms with van der Waals surface area (Å²) in [5, 5.41) is 0. The summed E-state index contributed by atoms with van der Waals surface area (Å²) in [7, 11) is 1.63. The second-order valence-electron chi connectivity index (χ2n) is 7.11. The SMILES string of the molecule is COOC1(CSc2ccc(C)cc2)CCN(CCc2ccccc2)CC1. The first-order valence-electron chi connectivity index (χ1n) is 9.37.